The second-order valence-electron chi connectivity index (χ2n) is 8.02. The molecule has 1 aromatic rings. The van der Waals surface area contributed by atoms with Crippen molar-refractivity contribution >= 4 is 21.6 Å². The molecule has 0 bridgehead atoms. The number of hydrogen-bond acceptors (Lipinski definition) is 6. The summed E-state index contributed by atoms with van der Waals surface area (Å²) in [6, 6.07) is 2.43. The van der Waals surface area contributed by atoms with Crippen molar-refractivity contribution in [1.82, 2.24) is 19.6 Å². The Hall–Kier alpha value is -1.45. The third-order valence-electron chi connectivity index (χ3n) is 6.11. The average molecular weight is 396 g/mol. The number of anilines is 1. The minimum Gasteiger partial charge on any atom is -0.310 e. The highest BCUT2D eigenvalue weighted by atomic mass is 32.2. The first kappa shape index (κ1) is 18.9. The van der Waals surface area contributed by atoms with Gasteiger partial charge in [0.1, 0.15) is 5.82 Å². The van der Waals surface area contributed by atoms with E-state index in [1.165, 1.54) is 12.8 Å². The molecule has 0 unspecified atom stereocenters. The van der Waals surface area contributed by atoms with E-state index in [4.69, 9.17) is 0 Å². The summed E-state index contributed by atoms with van der Waals surface area (Å²) in [7, 11) is -2.85. The maximum Gasteiger partial charge on any atom is 0.239 e. The van der Waals surface area contributed by atoms with Crippen LogP contribution in [-0.4, -0.2) is 84.2 Å². The molecule has 8 nitrogen and oxygen atoms in total. The lowest BCUT2D eigenvalue weighted by atomic mass is 10.2. The molecule has 4 rings (SSSR count). The summed E-state index contributed by atoms with van der Waals surface area (Å²) >= 11 is 0. The summed E-state index contributed by atoms with van der Waals surface area (Å²) in [5, 5.41) is 7.42. The third kappa shape index (κ3) is 4.52. The van der Waals surface area contributed by atoms with Gasteiger partial charge in [-0.3, -0.25) is 14.6 Å². The standard InChI is InChI=1S/C18H29N5O3S/c24-18(20-17-5-7-19-23(17)15-3-1-2-4-15)13-21-8-10-22(11-9-21)16-6-12-27(25,26)14-16/h5,7,15-16H,1-4,6,8-14H2,(H,20,24)/t16-/m0/s1. The predicted octanol–water partition coefficient (Wildman–Crippen LogP) is 0.741. The smallest absolute Gasteiger partial charge is 0.239 e. The van der Waals surface area contributed by atoms with Crippen molar-refractivity contribution in [3.05, 3.63) is 12.3 Å². The van der Waals surface area contributed by atoms with Gasteiger partial charge in [-0.1, -0.05) is 12.8 Å². The summed E-state index contributed by atoms with van der Waals surface area (Å²) in [6.45, 7) is 3.62. The molecule has 1 aromatic heterocycles. The number of carbonyl (C=O) groups is 1. The SMILES string of the molecule is O=C(CN1CCN([C@H]2CCS(=O)(=O)C2)CC1)Nc1ccnn1C1CCCC1. The van der Waals surface area contributed by atoms with Crippen molar-refractivity contribution in [2.75, 3.05) is 49.5 Å². The van der Waals surface area contributed by atoms with Crippen LogP contribution in [0.1, 0.15) is 38.1 Å². The molecule has 3 fully saturated rings. The van der Waals surface area contributed by atoms with Crippen molar-refractivity contribution in [3.8, 4) is 0 Å². The van der Waals surface area contributed by atoms with Gasteiger partial charge in [-0.25, -0.2) is 13.1 Å². The molecule has 0 aromatic carbocycles. The molecule has 2 saturated heterocycles. The van der Waals surface area contributed by atoms with Gasteiger partial charge < -0.3 is 5.32 Å². The van der Waals surface area contributed by atoms with E-state index in [0.29, 0.717) is 24.1 Å². The zero-order valence-corrected chi connectivity index (χ0v) is 16.5. The highest BCUT2D eigenvalue weighted by Crippen LogP contribution is 2.31. The Bertz CT molecular complexity index is 764. The Morgan fingerprint density at radius 1 is 1.11 bits per heavy atom. The minimum atomic E-state index is -2.85. The van der Waals surface area contributed by atoms with Crippen molar-refractivity contribution < 1.29 is 13.2 Å². The van der Waals surface area contributed by atoms with E-state index in [1.807, 2.05) is 10.7 Å². The summed E-state index contributed by atoms with van der Waals surface area (Å²) in [5.74, 6) is 1.39. The number of carbonyl (C=O) groups excluding carboxylic acids is 1. The number of nitrogens with zero attached hydrogens (tertiary/aromatic N) is 4. The van der Waals surface area contributed by atoms with Gasteiger partial charge >= 0.3 is 0 Å². The zero-order chi connectivity index (χ0) is 18.9. The van der Waals surface area contributed by atoms with Gasteiger partial charge in [0.15, 0.2) is 9.84 Å². The fraction of sp³-hybridized carbons (Fsp3) is 0.778. The van der Waals surface area contributed by atoms with Crippen LogP contribution in [0.15, 0.2) is 12.3 Å². The Kier molecular flexibility index (Phi) is 5.52. The summed E-state index contributed by atoms with van der Waals surface area (Å²) in [5.41, 5.74) is 0. The quantitative estimate of drug-likeness (QED) is 0.791. The molecule has 150 valence electrons. The van der Waals surface area contributed by atoms with Gasteiger partial charge in [0.25, 0.3) is 0 Å². The van der Waals surface area contributed by atoms with E-state index in [2.05, 4.69) is 20.2 Å². The molecule has 1 aliphatic carbocycles. The van der Waals surface area contributed by atoms with Crippen LogP contribution in [0, 0.1) is 0 Å². The molecule has 9 heteroatoms. The summed E-state index contributed by atoms with van der Waals surface area (Å²) in [6.07, 6.45) is 7.21. The van der Waals surface area contributed by atoms with Gasteiger partial charge in [0.2, 0.25) is 5.91 Å². The van der Waals surface area contributed by atoms with Crippen LogP contribution in [0.4, 0.5) is 5.82 Å². The fourth-order valence-corrected chi connectivity index (χ4v) is 6.35. The lowest BCUT2D eigenvalue weighted by Gasteiger charge is -2.37. The van der Waals surface area contributed by atoms with Crippen LogP contribution in [0.25, 0.3) is 0 Å². The molecular formula is C18H29N5O3S. The molecule has 0 radical (unpaired) electrons. The Labute approximate surface area is 160 Å². The molecule has 3 heterocycles. The molecule has 0 spiro atoms. The van der Waals surface area contributed by atoms with Gasteiger partial charge in [-0.05, 0) is 19.3 Å². The van der Waals surface area contributed by atoms with Gasteiger partial charge in [0.05, 0.1) is 30.3 Å². The third-order valence-corrected chi connectivity index (χ3v) is 7.86. The van der Waals surface area contributed by atoms with Crippen LogP contribution < -0.4 is 5.32 Å². The topological polar surface area (TPSA) is 87.5 Å². The molecular weight excluding hydrogens is 366 g/mol. The van der Waals surface area contributed by atoms with Crippen LogP contribution in [0.2, 0.25) is 0 Å². The molecule has 27 heavy (non-hydrogen) atoms. The lowest BCUT2D eigenvalue weighted by molar-refractivity contribution is -0.117. The number of rotatable bonds is 5. The maximum absolute atomic E-state index is 12.5. The van der Waals surface area contributed by atoms with E-state index in [1.54, 1.807) is 6.20 Å². The number of piperazine rings is 1. The normalized spacial score (nSPS) is 27.2. The number of hydrogen-bond donors (Lipinski definition) is 1. The summed E-state index contributed by atoms with van der Waals surface area (Å²) < 4.78 is 25.3. The van der Waals surface area contributed by atoms with E-state index in [0.717, 1.165) is 51.3 Å². The fourth-order valence-electron chi connectivity index (χ4n) is 4.59. The number of amides is 1. The molecule has 3 aliphatic rings. The van der Waals surface area contributed by atoms with Gasteiger partial charge in [-0.2, -0.15) is 5.10 Å². The monoisotopic (exact) mass is 395 g/mol. The van der Waals surface area contributed by atoms with Crippen LogP contribution >= 0.6 is 0 Å². The van der Waals surface area contributed by atoms with Crippen LogP contribution in [-0.2, 0) is 14.6 Å². The van der Waals surface area contributed by atoms with Crippen LogP contribution in [0.3, 0.4) is 0 Å². The van der Waals surface area contributed by atoms with Crippen molar-refractivity contribution in [2.24, 2.45) is 0 Å². The zero-order valence-electron chi connectivity index (χ0n) is 15.7. The van der Waals surface area contributed by atoms with Crippen molar-refractivity contribution in [3.63, 3.8) is 0 Å². The maximum atomic E-state index is 12.5. The molecule has 2 aliphatic heterocycles. The number of nitrogens with one attached hydrogen (secondary N) is 1. The number of sulfone groups is 1. The van der Waals surface area contributed by atoms with Crippen molar-refractivity contribution in [1.29, 1.82) is 0 Å². The highest BCUT2D eigenvalue weighted by molar-refractivity contribution is 7.91. The molecule has 1 amide bonds. The first-order valence-corrected chi connectivity index (χ1v) is 11.8. The molecule has 1 N–H and O–H groups in total. The average Bonchev–Trinajstić information content (AvgIpc) is 3.36. The highest BCUT2D eigenvalue weighted by Gasteiger charge is 2.33. The van der Waals surface area contributed by atoms with E-state index >= 15 is 0 Å². The first-order chi connectivity index (χ1) is 13.0. The van der Waals surface area contributed by atoms with E-state index in [9.17, 15) is 13.2 Å². The Morgan fingerprint density at radius 3 is 2.52 bits per heavy atom. The minimum absolute atomic E-state index is 0.00774. The van der Waals surface area contributed by atoms with Gasteiger partial charge in [0, 0.05) is 38.3 Å². The number of aromatic nitrogens is 2. The Balaban J connectivity index is 1.25. The van der Waals surface area contributed by atoms with Crippen LogP contribution in [0.5, 0.6) is 0 Å². The second kappa shape index (κ2) is 7.89. The summed E-state index contributed by atoms with van der Waals surface area (Å²) in [4.78, 5) is 16.9. The first-order valence-electron chi connectivity index (χ1n) is 10.0. The molecule has 1 atom stereocenters. The Morgan fingerprint density at radius 2 is 1.85 bits per heavy atom. The predicted molar refractivity (Wildman–Crippen MR) is 103 cm³/mol. The largest absolute Gasteiger partial charge is 0.310 e. The lowest BCUT2D eigenvalue weighted by Crippen LogP contribution is -2.52. The molecule has 1 saturated carbocycles. The van der Waals surface area contributed by atoms with E-state index in [-0.39, 0.29) is 11.9 Å². The van der Waals surface area contributed by atoms with Gasteiger partial charge in [-0.15, -0.1) is 0 Å². The second-order valence-corrected chi connectivity index (χ2v) is 10.2. The van der Waals surface area contributed by atoms with E-state index < -0.39 is 9.84 Å². The van der Waals surface area contributed by atoms with Crippen molar-refractivity contribution in [2.45, 2.75) is 44.2 Å².